The molecule has 0 radical (unpaired) electrons. The Hall–Kier alpha value is -0.320. The highest BCUT2D eigenvalue weighted by Crippen LogP contribution is 2.23. The molecule has 0 saturated carbocycles. The topological polar surface area (TPSA) is 42.2 Å². The molecule has 0 bridgehead atoms. The van der Waals surface area contributed by atoms with Gasteiger partial charge in [-0.2, -0.15) is 0 Å². The molecule has 5 heteroatoms. The summed E-state index contributed by atoms with van der Waals surface area (Å²) >= 11 is 1.63. The van der Waals surface area contributed by atoms with E-state index < -0.39 is 0 Å². The third kappa shape index (κ3) is 4.12. The van der Waals surface area contributed by atoms with Crippen LogP contribution in [-0.2, 0) is 6.54 Å². The van der Waals surface area contributed by atoms with Crippen LogP contribution in [0.15, 0.2) is 6.20 Å². The molecule has 98 valence electrons. The van der Waals surface area contributed by atoms with Crippen molar-refractivity contribution >= 4 is 28.9 Å². The molecule has 1 saturated heterocycles. The molecule has 1 fully saturated rings. The third-order valence-corrected chi connectivity index (χ3v) is 4.21. The van der Waals surface area contributed by atoms with Crippen LogP contribution >= 0.6 is 23.7 Å². The second kappa shape index (κ2) is 7.19. The molecule has 1 unspecified atom stereocenters. The largest absolute Gasteiger partial charge is 0.375 e. The fourth-order valence-corrected chi connectivity index (χ4v) is 3.21. The molecule has 2 rings (SSSR count). The normalized spacial score (nSPS) is 21.8. The minimum absolute atomic E-state index is 0. The van der Waals surface area contributed by atoms with Crippen LogP contribution in [0.5, 0.6) is 0 Å². The van der Waals surface area contributed by atoms with Crippen LogP contribution in [0.3, 0.4) is 0 Å². The Balaban J connectivity index is 0.00000144. The summed E-state index contributed by atoms with van der Waals surface area (Å²) in [5, 5.41) is 0.692. The summed E-state index contributed by atoms with van der Waals surface area (Å²) in [7, 11) is 0. The number of aromatic nitrogens is 1. The second-order valence-corrected chi connectivity index (χ2v) is 5.69. The number of hydrogen-bond donors (Lipinski definition) is 1. The van der Waals surface area contributed by atoms with E-state index in [-0.39, 0.29) is 12.4 Å². The zero-order valence-corrected chi connectivity index (χ0v) is 12.0. The first kappa shape index (κ1) is 14.7. The maximum atomic E-state index is 5.67. The zero-order chi connectivity index (χ0) is 11.4. The molecule has 0 amide bonds. The van der Waals surface area contributed by atoms with Crippen LogP contribution in [-0.4, -0.2) is 22.5 Å². The Morgan fingerprint density at radius 2 is 2.29 bits per heavy atom. The molecule has 1 aliphatic heterocycles. The van der Waals surface area contributed by atoms with Gasteiger partial charge < -0.3 is 5.73 Å². The summed E-state index contributed by atoms with van der Waals surface area (Å²) in [6.45, 7) is 4.56. The van der Waals surface area contributed by atoms with Gasteiger partial charge >= 0.3 is 0 Å². The molecule has 0 spiro atoms. The predicted octanol–water partition coefficient (Wildman–Crippen LogP) is 3.30. The Morgan fingerprint density at radius 1 is 1.47 bits per heavy atom. The molecule has 1 aromatic heterocycles. The average molecular weight is 276 g/mol. The summed E-state index contributed by atoms with van der Waals surface area (Å²) in [6, 6.07) is 0.755. The molecule has 1 atom stereocenters. The van der Waals surface area contributed by atoms with E-state index in [1.165, 1.54) is 43.5 Å². The van der Waals surface area contributed by atoms with Gasteiger partial charge in [-0.25, -0.2) is 4.98 Å². The maximum Gasteiger partial charge on any atom is 0.180 e. The highest BCUT2D eigenvalue weighted by Gasteiger charge is 2.19. The minimum Gasteiger partial charge on any atom is -0.375 e. The fourth-order valence-electron chi connectivity index (χ4n) is 2.50. The number of nitrogens with two attached hydrogens (primary N) is 1. The monoisotopic (exact) mass is 275 g/mol. The third-order valence-electron chi connectivity index (χ3n) is 3.40. The summed E-state index contributed by atoms with van der Waals surface area (Å²) < 4.78 is 0. The Bertz CT molecular complexity index is 329. The number of thiazole rings is 1. The van der Waals surface area contributed by atoms with E-state index in [0.29, 0.717) is 5.13 Å². The van der Waals surface area contributed by atoms with Crippen molar-refractivity contribution in [2.75, 3.05) is 12.3 Å². The number of anilines is 1. The van der Waals surface area contributed by atoms with Gasteiger partial charge in [0, 0.05) is 23.7 Å². The van der Waals surface area contributed by atoms with Crippen molar-refractivity contribution in [2.24, 2.45) is 0 Å². The number of rotatable bonds is 3. The Morgan fingerprint density at radius 3 is 2.94 bits per heavy atom. The predicted molar refractivity (Wildman–Crippen MR) is 76.7 cm³/mol. The molecule has 1 aliphatic rings. The van der Waals surface area contributed by atoms with Gasteiger partial charge in [0.2, 0.25) is 0 Å². The van der Waals surface area contributed by atoms with E-state index in [1.807, 2.05) is 6.20 Å². The van der Waals surface area contributed by atoms with E-state index in [4.69, 9.17) is 5.73 Å². The van der Waals surface area contributed by atoms with Crippen LogP contribution in [0.25, 0.3) is 0 Å². The number of likely N-dealkylation sites (tertiary alicyclic amines) is 1. The van der Waals surface area contributed by atoms with Crippen molar-refractivity contribution in [1.29, 1.82) is 0 Å². The van der Waals surface area contributed by atoms with Gasteiger partial charge in [0.1, 0.15) is 0 Å². The van der Waals surface area contributed by atoms with Gasteiger partial charge in [0.05, 0.1) is 0 Å². The summed E-state index contributed by atoms with van der Waals surface area (Å²) in [5.41, 5.74) is 5.67. The first-order valence-corrected chi connectivity index (χ1v) is 7.05. The van der Waals surface area contributed by atoms with Crippen LogP contribution < -0.4 is 5.73 Å². The fraction of sp³-hybridized carbons (Fsp3) is 0.750. The van der Waals surface area contributed by atoms with Gasteiger partial charge in [-0.1, -0.05) is 19.8 Å². The Kier molecular flexibility index (Phi) is 6.23. The van der Waals surface area contributed by atoms with Crippen molar-refractivity contribution < 1.29 is 0 Å². The molecule has 3 nitrogen and oxygen atoms in total. The number of hydrogen-bond acceptors (Lipinski definition) is 4. The Labute approximate surface area is 114 Å². The van der Waals surface area contributed by atoms with Crippen molar-refractivity contribution in [3.63, 3.8) is 0 Å². The van der Waals surface area contributed by atoms with E-state index >= 15 is 0 Å². The highest BCUT2D eigenvalue weighted by molar-refractivity contribution is 7.15. The van der Waals surface area contributed by atoms with Gasteiger partial charge in [0.25, 0.3) is 0 Å². The second-order valence-electron chi connectivity index (χ2n) is 4.55. The maximum absolute atomic E-state index is 5.67. The van der Waals surface area contributed by atoms with Crippen molar-refractivity contribution in [3.8, 4) is 0 Å². The van der Waals surface area contributed by atoms with Gasteiger partial charge in [-0.15, -0.1) is 23.7 Å². The zero-order valence-electron chi connectivity index (χ0n) is 10.4. The van der Waals surface area contributed by atoms with Gasteiger partial charge in [0.15, 0.2) is 5.13 Å². The lowest BCUT2D eigenvalue weighted by Gasteiger charge is -2.28. The summed E-state index contributed by atoms with van der Waals surface area (Å²) in [4.78, 5) is 8.04. The van der Waals surface area contributed by atoms with Gasteiger partial charge in [-0.3, -0.25) is 4.90 Å². The molecule has 0 aromatic carbocycles. The molecular weight excluding hydrogens is 254 g/mol. The van der Waals surface area contributed by atoms with Crippen LogP contribution in [0.2, 0.25) is 0 Å². The number of nitrogen functional groups attached to an aromatic ring is 1. The lowest BCUT2D eigenvalue weighted by Crippen LogP contribution is -2.33. The first-order chi connectivity index (χ1) is 7.79. The smallest absolute Gasteiger partial charge is 0.180 e. The van der Waals surface area contributed by atoms with E-state index in [1.54, 1.807) is 11.3 Å². The van der Waals surface area contributed by atoms with Crippen LogP contribution in [0.4, 0.5) is 5.13 Å². The molecule has 2 N–H and O–H groups in total. The average Bonchev–Trinajstić information content (AvgIpc) is 2.56. The van der Waals surface area contributed by atoms with Gasteiger partial charge in [-0.05, 0) is 25.8 Å². The van der Waals surface area contributed by atoms with E-state index in [2.05, 4.69) is 16.8 Å². The van der Waals surface area contributed by atoms with Crippen LogP contribution in [0.1, 0.15) is 43.9 Å². The number of halogens is 1. The van der Waals surface area contributed by atoms with E-state index in [9.17, 15) is 0 Å². The molecule has 2 heterocycles. The summed E-state index contributed by atoms with van der Waals surface area (Å²) in [6.07, 6.45) is 8.65. The van der Waals surface area contributed by atoms with Crippen LogP contribution in [0, 0.1) is 0 Å². The summed E-state index contributed by atoms with van der Waals surface area (Å²) in [5.74, 6) is 0. The molecule has 1 aromatic rings. The standard InChI is InChI=1S/C12H21N3S.ClH/c1-2-10-6-4-3-5-7-15(10)9-11-8-14-12(13)16-11;/h8,10H,2-7,9H2,1H3,(H2,13,14);1H. The highest BCUT2D eigenvalue weighted by atomic mass is 35.5. The molecule has 0 aliphatic carbocycles. The number of nitrogens with zero attached hydrogens (tertiary/aromatic N) is 2. The quantitative estimate of drug-likeness (QED) is 0.920. The van der Waals surface area contributed by atoms with E-state index in [0.717, 1.165) is 12.6 Å². The minimum atomic E-state index is 0. The lowest BCUT2D eigenvalue weighted by molar-refractivity contribution is 0.187. The van der Waals surface area contributed by atoms with Crippen molar-refractivity contribution in [2.45, 2.75) is 51.6 Å². The molecular formula is C12H22ClN3S. The molecule has 17 heavy (non-hydrogen) atoms. The first-order valence-electron chi connectivity index (χ1n) is 6.24. The SMILES string of the molecule is CCC1CCCCCN1Cc1cnc(N)s1.Cl. The van der Waals surface area contributed by atoms with Crippen molar-refractivity contribution in [1.82, 2.24) is 9.88 Å². The van der Waals surface area contributed by atoms with Crippen molar-refractivity contribution in [3.05, 3.63) is 11.1 Å². The lowest BCUT2D eigenvalue weighted by atomic mass is 10.1.